The topological polar surface area (TPSA) is 201 Å². The average Bonchev–Trinajstić information content (AvgIpc) is 0.920. The van der Waals surface area contributed by atoms with Crippen molar-refractivity contribution in [1.29, 1.82) is 0 Å². The van der Waals surface area contributed by atoms with Gasteiger partial charge in [0.25, 0.3) is 11.8 Å². The van der Waals surface area contributed by atoms with E-state index in [4.69, 9.17) is 23.7 Å². The lowest BCUT2D eigenvalue weighted by Crippen LogP contribution is -2.66. The van der Waals surface area contributed by atoms with Crippen LogP contribution in [0.2, 0.25) is 0 Å². The number of hydrogen-bond acceptors (Lipinski definition) is 14. The second-order valence-corrected chi connectivity index (χ2v) is 25.3. The van der Waals surface area contributed by atoms with Crippen molar-refractivity contribution < 1.29 is 53.7 Å². The third-order valence-corrected chi connectivity index (χ3v) is 21.4. The predicted octanol–water partition coefficient (Wildman–Crippen LogP) is 9.68. The minimum Gasteiger partial charge on any atom is -0.502 e. The molecule has 6 aliphatic carbocycles. The molecule has 15 heteroatoms. The number of hydrogen-bond donors (Lipinski definition) is 7. The molecule has 82 heavy (non-hydrogen) atoms. The Kier molecular flexibility index (Phi) is 13.6. The molecule has 7 N–H and O–H groups in total. The molecule has 2 amide bonds. The van der Waals surface area contributed by atoms with Gasteiger partial charge < -0.3 is 54.7 Å². The van der Waals surface area contributed by atoms with Crippen LogP contribution in [0.15, 0.2) is 66.8 Å². The first kappa shape index (κ1) is 53.6. The molecule has 10 aliphatic rings. The quantitative estimate of drug-likeness (QED) is 0.0438. The van der Waals surface area contributed by atoms with E-state index in [1.54, 1.807) is 17.0 Å². The molecule has 0 spiro atoms. The Balaban J connectivity index is 0.817. The maximum Gasteiger partial charge on any atom is 0.254 e. The Morgan fingerprint density at radius 3 is 2.37 bits per heavy atom. The second-order valence-electron chi connectivity index (χ2n) is 25.3. The number of aliphatic hydroxyl groups is 3. The van der Waals surface area contributed by atoms with Crippen LogP contribution in [0.1, 0.15) is 153 Å². The van der Waals surface area contributed by atoms with Gasteiger partial charge in [-0.1, -0.05) is 68.2 Å². The molecule has 3 saturated carbocycles. The van der Waals surface area contributed by atoms with Crippen LogP contribution in [-0.4, -0.2) is 102 Å². The Labute approximate surface area is 480 Å². The number of methoxy groups -OCH3 is 1. The summed E-state index contributed by atoms with van der Waals surface area (Å²) in [5.74, 6) is 0.470. The number of carbonyl (C=O) groups excluding carboxylic acids is 2. The summed E-state index contributed by atoms with van der Waals surface area (Å²) in [6.45, 7) is 3.22. The fraction of sp³-hybridized carbons (Fsp3) is 0.522. The number of imide groups is 1. The van der Waals surface area contributed by atoms with Gasteiger partial charge in [-0.3, -0.25) is 19.8 Å². The molecular formula is C67H78N4O11. The standard InChI is InChI=1S/C67H78N4O11/c1-37-13-16-41-12-5-8-27-66(41,70-37)82-52-33-50(79-29-28-68-2)44-19-20-45-57-49(69-64(77)60(52)59(44)57)32-51-58(45)62(75)46(36-81-51)40-30-53(78-3)63(76)54(31-40)80-35-43(34-72)67-42-17-14-38-10-9-11-39(61(38)67)15-21-48(67)47(22-18-42)65(25-6-4-7-26-65)71-55(73)23-24-56(71)74/h9-11,14-15,17,21,23-24,30-33,37,41-43,46-48,62,64,68-70,72,75-77H,4-8,12-13,16,18-20,22,25-29,34-36H2,1-3H3. The molecule has 4 fully saturated rings. The number of rotatable bonds is 15. The van der Waals surface area contributed by atoms with Gasteiger partial charge in [-0.2, -0.15) is 0 Å². The Hall–Kier alpha value is -6.36. The molecule has 15 nitrogen and oxygen atoms in total. The summed E-state index contributed by atoms with van der Waals surface area (Å²) < 4.78 is 33.4. The normalized spacial score (nSPS) is 30.7. The van der Waals surface area contributed by atoms with E-state index >= 15 is 0 Å². The first-order valence-electron chi connectivity index (χ1n) is 30.5. The van der Waals surface area contributed by atoms with Gasteiger partial charge in [0.05, 0.1) is 44.1 Å². The monoisotopic (exact) mass is 1110 g/mol. The predicted molar refractivity (Wildman–Crippen MR) is 311 cm³/mol. The second kappa shape index (κ2) is 20.8. The highest BCUT2D eigenvalue weighted by molar-refractivity contribution is 6.13. The van der Waals surface area contributed by atoms with Gasteiger partial charge >= 0.3 is 0 Å². The van der Waals surface area contributed by atoms with Crippen LogP contribution >= 0.6 is 0 Å². The summed E-state index contributed by atoms with van der Waals surface area (Å²) in [4.78, 5) is 29.2. The number of phenols is 1. The number of nitrogens with zero attached hydrogens (tertiary/aromatic N) is 1. The molecule has 4 aromatic rings. The van der Waals surface area contributed by atoms with Crippen molar-refractivity contribution in [3.63, 3.8) is 0 Å². The first-order chi connectivity index (χ1) is 39.9. The van der Waals surface area contributed by atoms with Gasteiger partial charge in [0.2, 0.25) is 5.75 Å². The van der Waals surface area contributed by atoms with Gasteiger partial charge in [0, 0.05) is 94.4 Å². The lowest BCUT2D eigenvalue weighted by molar-refractivity contribution is -0.154. The van der Waals surface area contributed by atoms with E-state index in [0.29, 0.717) is 65.8 Å². The van der Waals surface area contributed by atoms with E-state index in [0.717, 1.165) is 128 Å². The van der Waals surface area contributed by atoms with Crippen LogP contribution < -0.4 is 39.6 Å². The first-order valence-corrected chi connectivity index (χ1v) is 30.5. The molecule has 4 aliphatic heterocycles. The molecule has 0 radical (unpaired) electrons. The lowest BCUT2D eigenvalue weighted by Gasteiger charge is -2.63. The minimum absolute atomic E-state index is 0.00693. The highest BCUT2D eigenvalue weighted by Crippen LogP contribution is 2.65. The molecule has 4 aromatic carbocycles. The SMILES string of the molecule is CNCCOc1cc(OC23CCCCC2CCC(C)N3)c2c3c1CCc1c-3c(cc3c1C(O)C(c1cc(OC)c(O)c(OCC(CO)C45c6c7cccc6C=CC4C(C4(N6C(=O)C=CC6=O)CCCCC4)CCC5C=C7)c1)CO3)NC2O. The maximum absolute atomic E-state index is 13.8. The number of fused-ring (bicyclic) bond motifs is 3. The zero-order valence-corrected chi connectivity index (χ0v) is 47.4. The Morgan fingerprint density at radius 1 is 0.817 bits per heavy atom. The fourth-order valence-electron chi connectivity index (χ4n) is 17.9. The van der Waals surface area contributed by atoms with E-state index in [-0.39, 0.29) is 72.7 Å². The minimum atomic E-state index is -1.08. The number of piperidine rings is 1. The Bertz CT molecular complexity index is 3310. The van der Waals surface area contributed by atoms with Crippen LogP contribution in [0.5, 0.6) is 34.5 Å². The van der Waals surface area contributed by atoms with E-state index in [2.05, 4.69) is 65.4 Å². The van der Waals surface area contributed by atoms with Crippen LogP contribution in [0.4, 0.5) is 5.69 Å². The van der Waals surface area contributed by atoms with Gasteiger partial charge in [-0.05, 0) is 136 Å². The molecule has 432 valence electrons. The van der Waals surface area contributed by atoms with E-state index in [9.17, 15) is 30.0 Å². The van der Waals surface area contributed by atoms with Crippen LogP contribution in [-0.2, 0) is 27.8 Å². The summed E-state index contributed by atoms with van der Waals surface area (Å²) >= 11 is 0. The molecule has 14 rings (SSSR count). The van der Waals surface area contributed by atoms with Crippen LogP contribution in [0.25, 0.3) is 23.3 Å². The van der Waals surface area contributed by atoms with Crippen molar-refractivity contribution in [3.8, 4) is 45.6 Å². The van der Waals surface area contributed by atoms with E-state index in [1.807, 2.05) is 19.2 Å². The average molecular weight is 1120 g/mol. The maximum atomic E-state index is 13.8. The van der Waals surface area contributed by atoms with Gasteiger partial charge in [-0.15, -0.1) is 0 Å². The number of aliphatic hydroxyl groups excluding tert-OH is 3. The van der Waals surface area contributed by atoms with Crippen molar-refractivity contribution in [1.82, 2.24) is 15.5 Å². The van der Waals surface area contributed by atoms with Gasteiger partial charge in [-0.25, -0.2) is 0 Å². The van der Waals surface area contributed by atoms with Crippen molar-refractivity contribution in [3.05, 3.63) is 111 Å². The molecular weight excluding hydrogens is 1040 g/mol. The number of ether oxygens (including phenoxy) is 5. The molecule has 4 heterocycles. The van der Waals surface area contributed by atoms with E-state index in [1.165, 1.54) is 19.3 Å². The Morgan fingerprint density at radius 2 is 1.59 bits per heavy atom. The molecule has 1 saturated heterocycles. The summed E-state index contributed by atoms with van der Waals surface area (Å²) in [5.41, 5.74) is 7.76. The number of nitrogens with one attached hydrogen (secondary N) is 3. The van der Waals surface area contributed by atoms with Crippen LogP contribution in [0, 0.1) is 29.6 Å². The number of carbonyl (C=O) groups is 2. The number of benzene rings is 4. The van der Waals surface area contributed by atoms with Crippen molar-refractivity contribution in [2.75, 3.05) is 52.4 Å². The molecule has 0 aromatic heterocycles. The molecule has 11 atom stereocenters. The smallest absolute Gasteiger partial charge is 0.254 e. The summed E-state index contributed by atoms with van der Waals surface area (Å²) in [6, 6.07) is 14.1. The fourth-order valence-corrected chi connectivity index (χ4v) is 17.9. The zero-order valence-electron chi connectivity index (χ0n) is 47.4. The lowest BCUT2D eigenvalue weighted by atomic mass is 9.43. The third kappa shape index (κ3) is 8.13. The number of amides is 2. The largest absolute Gasteiger partial charge is 0.502 e. The van der Waals surface area contributed by atoms with E-state index < -0.39 is 40.8 Å². The van der Waals surface area contributed by atoms with Crippen molar-refractivity contribution in [2.24, 2.45) is 29.6 Å². The third-order valence-electron chi connectivity index (χ3n) is 21.4. The number of likely N-dealkylation sites (N-methyl/N-ethyl adjacent to an activating group) is 1. The zero-order chi connectivity index (χ0) is 56.2. The summed E-state index contributed by atoms with van der Waals surface area (Å²) in [7, 11) is 3.40. The van der Waals surface area contributed by atoms with Crippen LogP contribution in [0.3, 0.4) is 0 Å². The number of phenolic OH excluding ortho intramolecular Hbond substituents is 1. The van der Waals surface area contributed by atoms with Crippen molar-refractivity contribution >= 4 is 29.7 Å². The number of allylic oxidation sites excluding steroid dienone is 2. The summed E-state index contributed by atoms with van der Waals surface area (Å²) in [6.07, 6.45) is 23.2. The highest BCUT2D eigenvalue weighted by Gasteiger charge is 2.64. The van der Waals surface area contributed by atoms with Gasteiger partial charge in [0.1, 0.15) is 23.9 Å². The number of aromatic hydroxyl groups is 1. The molecule has 0 bridgehead atoms. The van der Waals surface area contributed by atoms with Gasteiger partial charge in [0.15, 0.2) is 23.5 Å². The number of anilines is 1. The highest BCUT2D eigenvalue weighted by atomic mass is 16.5. The molecule has 11 unspecified atom stereocenters. The summed E-state index contributed by atoms with van der Waals surface area (Å²) in [5, 5.41) is 59.7. The van der Waals surface area contributed by atoms with Crippen molar-refractivity contribution in [2.45, 2.75) is 144 Å².